The minimum absolute atomic E-state index is 0.0105. The Morgan fingerprint density at radius 3 is 2.24 bits per heavy atom. The van der Waals surface area contributed by atoms with Gasteiger partial charge >= 0.3 is 0 Å². The van der Waals surface area contributed by atoms with Crippen molar-refractivity contribution in [3.63, 3.8) is 0 Å². The van der Waals surface area contributed by atoms with Gasteiger partial charge in [-0.2, -0.15) is 0 Å². The second-order valence-electron chi connectivity index (χ2n) is 7.49. The maximum absolute atomic E-state index is 13.0. The average Bonchev–Trinajstić information content (AvgIpc) is 3.03. The molecule has 3 amide bonds. The van der Waals surface area contributed by atoms with Crippen LogP contribution in [0, 0.1) is 5.82 Å². The minimum Gasteiger partial charge on any atom is -0.375 e. The maximum atomic E-state index is 13.0. The van der Waals surface area contributed by atoms with Gasteiger partial charge in [0.15, 0.2) is 0 Å². The van der Waals surface area contributed by atoms with Gasteiger partial charge < -0.3 is 10.6 Å². The summed E-state index contributed by atoms with van der Waals surface area (Å²) in [5.41, 5.74) is 2.29. The lowest BCUT2D eigenvalue weighted by Crippen LogP contribution is -2.33. The van der Waals surface area contributed by atoms with Crippen molar-refractivity contribution < 1.29 is 18.8 Å². The summed E-state index contributed by atoms with van der Waals surface area (Å²) in [7, 11) is 0. The van der Waals surface area contributed by atoms with Crippen LogP contribution in [-0.4, -0.2) is 22.6 Å². The molecule has 3 aromatic carbocycles. The van der Waals surface area contributed by atoms with Crippen LogP contribution in [0.5, 0.6) is 0 Å². The Bertz CT molecular complexity index is 1290. The highest BCUT2D eigenvalue weighted by molar-refractivity contribution is 6.47. The first kappa shape index (κ1) is 23.5. The number of halogens is 3. The van der Waals surface area contributed by atoms with E-state index in [-0.39, 0.29) is 35.5 Å². The zero-order valence-corrected chi connectivity index (χ0v) is 19.2. The van der Waals surface area contributed by atoms with E-state index >= 15 is 0 Å². The van der Waals surface area contributed by atoms with E-state index in [1.807, 2.05) is 0 Å². The number of carbonyl (C=O) groups excluding carboxylic acids is 3. The summed E-state index contributed by atoms with van der Waals surface area (Å²) in [6.45, 7) is 0.223. The third-order valence-electron chi connectivity index (χ3n) is 5.19. The number of anilines is 1. The average molecular weight is 498 g/mol. The zero-order valence-electron chi connectivity index (χ0n) is 17.6. The molecule has 0 saturated heterocycles. The Labute approximate surface area is 205 Å². The van der Waals surface area contributed by atoms with Crippen LogP contribution in [0.15, 0.2) is 83.5 Å². The van der Waals surface area contributed by atoms with Crippen LogP contribution < -0.4 is 10.6 Å². The first-order valence-electron chi connectivity index (χ1n) is 10.2. The van der Waals surface area contributed by atoms with Gasteiger partial charge in [0, 0.05) is 22.8 Å². The maximum Gasteiger partial charge on any atom is 0.278 e. The van der Waals surface area contributed by atoms with Crippen LogP contribution >= 0.6 is 23.2 Å². The summed E-state index contributed by atoms with van der Waals surface area (Å²) >= 11 is 12.3. The molecule has 2 N–H and O–H groups in total. The molecule has 6 nitrogen and oxygen atoms in total. The lowest BCUT2D eigenvalue weighted by molar-refractivity contribution is -0.138. The van der Waals surface area contributed by atoms with Crippen molar-refractivity contribution >= 4 is 46.6 Å². The third-order valence-corrected chi connectivity index (χ3v) is 5.90. The normalized spacial score (nSPS) is 13.4. The molecule has 0 unspecified atom stereocenters. The van der Waals surface area contributed by atoms with Gasteiger partial charge in [-0.1, -0.05) is 53.5 Å². The fourth-order valence-corrected chi connectivity index (χ4v) is 3.79. The monoisotopic (exact) mass is 497 g/mol. The molecule has 0 saturated carbocycles. The van der Waals surface area contributed by atoms with Crippen LogP contribution in [0.3, 0.4) is 0 Å². The largest absolute Gasteiger partial charge is 0.375 e. The van der Waals surface area contributed by atoms with Crippen molar-refractivity contribution in [2.45, 2.75) is 13.1 Å². The summed E-state index contributed by atoms with van der Waals surface area (Å²) in [5.74, 6) is -1.87. The predicted octanol–water partition coefficient (Wildman–Crippen LogP) is 4.84. The Hall–Kier alpha value is -3.68. The van der Waals surface area contributed by atoms with Crippen molar-refractivity contribution in [2.24, 2.45) is 0 Å². The minimum atomic E-state index is -0.595. The van der Waals surface area contributed by atoms with Crippen molar-refractivity contribution in [1.82, 2.24) is 10.2 Å². The molecule has 0 atom stereocenters. The Morgan fingerprint density at radius 2 is 1.56 bits per heavy atom. The lowest BCUT2D eigenvalue weighted by Gasteiger charge is -2.16. The molecule has 3 aromatic rings. The Balaban J connectivity index is 1.37. The molecule has 0 bridgehead atoms. The summed E-state index contributed by atoms with van der Waals surface area (Å²) in [6, 6.07) is 19.1. The van der Waals surface area contributed by atoms with Crippen molar-refractivity contribution in [2.75, 3.05) is 5.32 Å². The number of benzene rings is 3. The van der Waals surface area contributed by atoms with Crippen LogP contribution in [0.4, 0.5) is 10.1 Å². The molecular weight excluding hydrogens is 480 g/mol. The van der Waals surface area contributed by atoms with Gasteiger partial charge in [0.25, 0.3) is 17.7 Å². The van der Waals surface area contributed by atoms with E-state index in [2.05, 4.69) is 10.6 Å². The van der Waals surface area contributed by atoms with E-state index in [4.69, 9.17) is 23.2 Å². The molecule has 172 valence electrons. The Morgan fingerprint density at radius 1 is 0.882 bits per heavy atom. The van der Waals surface area contributed by atoms with Gasteiger partial charge in [-0.05, 0) is 53.6 Å². The van der Waals surface area contributed by atoms with Crippen LogP contribution in [0.2, 0.25) is 5.02 Å². The van der Waals surface area contributed by atoms with Gasteiger partial charge in [0.2, 0.25) is 0 Å². The SMILES string of the molecule is O=C(Nc1ccc(F)cc1)c1ccc(CNC2=C(Cl)C(=O)N(Cc3ccccc3Cl)C2=O)cc1. The molecule has 0 radical (unpaired) electrons. The fourth-order valence-electron chi connectivity index (χ4n) is 3.34. The summed E-state index contributed by atoms with van der Waals surface area (Å²) in [4.78, 5) is 38.7. The van der Waals surface area contributed by atoms with E-state index in [0.29, 0.717) is 21.8 Å². The van der Waals surface area contributed by atoms with Crippen LogP contribution in [0.25, 0.3) is 0 Å². The molecule has 0 aliphatic carbocycles. The van der Waals surface area contributed by atoms with E-state index in [9.17, 15) is 18.8 Å². The lowest BCUT2D eigenvalue weighted by atomic mass is 10.1. The first-order chi connectivity index (χ1) is 16.3. The van der Waals surface area contributed by atoms with Crippen molar-refractivity contribution in [3.05, 3.63) is 111 Å². The second-order valence-corrected chi connectivity index (χ2v) is 8.27. The van der Waals surface area contributed by atoms with E-state index in [0.717, 1.165) is 10.5 Å². The van der Waals surface area contributed by atoms with Crippen molar-refractivity contribution in [1.29, 1.82) is 0 Å². The molecule has 9 heteroatoms. The number of rotatable bonds is 7. The molecule has 0 fully saturated rings. The third kappa shape index (κ3) is 5.11. The smallest absolute Gasteiger partial charge is 0.278 e. The highest BCUT2D eigenvalue weighted by atomic mass is 35.5. The van der Waals surface area contributed by atoms with E-state index < -0.39 is 11.8 Å². The molecule has 0 aromatic heterocycles. The van der Waals surface area contributed by atoms with Crippen molar-refractivity contribution in [3.8, 4) is 0 Å². The van der Waals surface area contributed by atoms with Crippen LogP contribution in [-0.2, 0) is 22.7 Å². The molecule has 4 rings (SSSR count). The van der Waals surface area contributed by atoms with Gasteiger partial charge in [0.1, 0.15) is 16.5 Å². The van der Waals surface area contributed by atoms with E-state index in [1.165, 1.54) is 24.3 Å². The first-order valence-corrected chi connectivity index (χ1v) is 11.0. The topological polar surface area (TPSA) is 78.5 Å². The molecule has 1 heterocycles. The second kappa shape index (κ2) is 10.1. The number of hydrogen-bond donors (Lipinski definition) is 2. The van der Waals surface area contributed by atoms with Gasteiger partial charge in [-0.25, -0.2) is 4.39 Å². The number of imide groups is 1. The summed E-state index contributed by atoms with van der Waals surface area (Å²) in [5, 5.41) is 5.86. The van der Waals surface area contributed by atoms with Gasteiger partial charge in [-0.3, -0.25) is 19.3 Å². The van der Waals surface area contributed by atoms with Gasteiger partial charge in [-0.15, -0.1) is 0 Å². The number of hydrogen-bond acceptors (Lipinski definition) is 4. The predicted molar refractivity (Wildman–Crippen MR) is 128 cm³/mol. The molecule has 34 heavy (non-hydrogen) atoms. The molecule has 1 aliphatic heterocycles. The Kier molecular flexibility index (Phi) is 6.95. The molecule has 1 aliphatic rings. The highest BCUT2D eigenvalue weighted by Gasteiger charge is 2.37. The fraction of sp³-hybridized carbons (Fsp3) is 0.0800. The number of carbonyl (C=O) groups is 3. The quantitative estimate of drug-likeness (QED) is 0.457. The number of amides is 3. The van der Waals surface area contributed by atoms with Crippen LogP contribution in [0.1, 0.15) is 21.5 Å². The standard InChI is InChI=1S/C25H18Cl2FN3O3/c26-20-4-2-1-3-17(20)14-31-24(33)21(27)22(25(31)34)29-13-15-5-7-16(8-6-15)23(32)30-19-11-9-18(28)10-12-19/h1-12,29H,13-14H2,(H,30,32). The van der Waals surface area contributed by atoms with E-state index in [1.54, 1.807) is 48.5 Å². The summed E-state index contributed by atoms with van der Waals surface area (Å²) < 4.78 is 13.0. The molecule has 0 spiro atoms. The zero-order chi connectivity index (χ0) is 24.2. The number of nitrogens with one attached hydrogen (secondary N) is 2. The molecular formula is C25H18Cl2FN3O3. The number of nitrogens with zero attached hydrogens (tertiary/aromatic N) is 1. The van der Waals surface area contributed by atoms with Gasteiger partial charge in [0.05, 0.1) is 6.54 Å². The summed E-state index contributed by atoms with van der Waals surface area (Å²) in [6.07, 6.45) is 0. The highest BCUT2D eigenvalue weighted by Crippen LogP contribution is 2.26.